The molecule has 2 unspecified atom stereocenters. The third kappa shape index (κ3) is 28.5. The fourth-order valence-corrected chi connectivity index (χ4v) is 4.55. The average Bonchev–Trinajstić information content (AvgIpc) is 2.85. The maximum Gasteiger partial charge on any atom is 0.508 e. The molecule has 0 radical (unpaired) electrons. The number of quaternary nitrogens is 1. The minimum atomic E-state index is -2.04. The molecule has 0 aromatic heterocycles. The first kappa shape index (κ1) is 37.5. The lowest BCUT2D eigenvalue weighted by molar-refractivity contribution is -0.870. The molecule has 2 atom stereocenters. The fraction of sp³-hybridized carbons (Fsp3) is 0.966. The Morgan fingerprint density at radius 2 is 1.21 bits per heavy atom. The molecule has 0 bridgehead atoms. The fourth-order valence-electron chi connectivity index (χ4n) is 3.95. The Hall–Kier alpha value is -0.500. The van der Waals surface area contributed by atoms with Crippen LogP contribution in [0.15, 0.2) is 0 Å². The number of carbonyl (C=O) groups is 1. The number of ether oxygens (including phenoxy) is 3. The second kappa shape index (κ2) is 26.7. The van der Waals surface area contributed by atoms with E-state index in [9.17, 15) is 9.69 Å². The van der Waals surface area contributed by atoms with Gasteiger partial charge < -0.3 is 32.6 Å². The number of rotatable bonds is 28. The van der Waals surface area contributed by atoms with Gasteiger partial charge in [-0.1, -0.05) is 103 Å². The van der Waals surface area contributed by atoms with E-state index >= 15 is 0 Å². The van der Waals surface area contributed by atoms with Crippen LogP contribution in [0, 0.1) is 0 Å². The number of nitrogens with zero attached hydrogens (tertiary/aromatic N) is 1. The second-order valence-corrected chi connectivity index (χ2v) is 12.2. The van der Waals surface area contributed by atoms with Crippen LogP contribution in [0.25, 0.3) is 0 Å². The van der Waals surface area contributed by atoms with Crippen molar-refractivity contribution >= 4 is 14.8 Å². The van der Waals surface area contributed by atoms with Crippen molar-refractivity contribution in [3.05, 3.63) is 0 Å². The van der Waals surface area contributed by atoms with E-state index in [4.69, 9.17) is 23.3 Å². The van der Waals surface area contributed by atoms with Gasteiger partial charge >= 0.3 is 14.8 Å². The summed E-state index contributed by atoms with van der Waals surface area (Å²) >= 11 is 0. The second-order valence-electron chi connectivity index (χ2n) is 11.2. The smallest absolute Gasteiger partial charge is 0.435 e. The van der Waals surface area contributed by atoms with Crippen molar-refractivity contribution in [2.45, 2.75) is 123 Å². The van der Waals surface area contributed by atoms with Gasteiger partial charge in [0, 0.05) is 6.61 Å². The monoisotopic (exact) mass is 566 g/mol. The van der Waals surface area contributed by atoms with Crippen LogP contribution < -0.4 is 0 Å². The van der Waals surface area contributed by atoms with Gasteiger partial charge in [0.05, 0.1) is 41.0 Å². The van der Waals surface area contributed by atoms with Crippen molar-refractivity contribution in [1.82, 2.24) is 0 Å². The normalized spacial score (nSPS) is 13.4. The van der Waals surface area contributed by atoms with E-state index in [1.54, 1.807) is 6.92 Å². The molecule has 1 N–H and O–H groups in total. The van der Waals surface area contributed by atoms with Gasteiger partial charge in [-0.05, 0) is 13.3 Å². The van der Waals surface area contributed by atoms with Gasteiger partial charge in [-0.25, -0.2) is 4.79 Å². The molecule has 0 spiro atoms. The lowest BCUT2D eigenvalue weighted by Gasteiger charge is -2.24. The van der Waals surface area contributed by atoms with Crippen LogP contribution in [0.5, 0.6) is 0 Å². The SMILES string of the molecule is CCCCCCCCCCCCCCCCCCOCC(COP(O)OCC[N+](C)(C)C)OC(=O)OCC. The molecule has 0 aliphatic carbocycles. The van der Waals surface area contributed by atoms with E-state index in [1.165, 1.54) is 89.9 Å². The van der Waals surface area contributed by atoms with Crippen LogP contribution in [0.1, 0.15) is 117 Å². The molecule has 9 heteroatoms. The number of hydrogen-bond donors (Lipinski definition) is 1. The Labute approximate surface area is 235 Å². The lowest BCUT2D eigenvalue weighted by atomic mass is 10.0. The summed E-state index contributed by atoms with van der Waals surface area (Å²) in [5.41, 5.74) is 0. The highest BCUT2D eigenvalue weighted by molar-refractivity contribution is 7.40. The molecule has 38 heavy (non-hydrogen) atoms. The average molecular weight is 567 g/mol. The van der Waals surface area contributed by atoms with Crippen molar-refractivity contribution in [3.8, 4) is 0 Å². The van der Waals surface area contributed by atoms with Gasteiger partial charge in [0.1, 0.15) is 13.2 Å². The summed E-state index contributed by atoms with van der Waals surface area (Å²) in [6.07, 6.45) is 19.9. The van der Waals surface area contributed by atoms with Crippen molar-refractivity contribution in [2.24, 2.45) is 0 Å². The molecule has 0 aliphatic heterocycles. The standard InChI is InChI=1S/C29H61NO7P/c1-6-8-9-10-11-12-13-14-15-16-17-18-19-20-21-22-24-33-26-28(37-29(31)34-7-2)27-36-38(32)35-25-23-30(3,4)5/h28,32H,6-27H2,1-5H3/q+1. The highest BCUT2D eigenvalue weighted by atomic mass is 31.2. The topological polar surface area (TPSA) is 83.5 Å². The lowest BCUT2D eigenvalue weighted by Crippen LogP contribution is -2.37. The summed E-state index contributed by atoms with van der Waals surface area (Å²) in [6.45, 7) is 6.14. The highest BCUT2D eigenvalue weighted by Gasteiger charge is 2.20. The van der Waals surface area contributed by atoms with Crippen molar-refractivity contribution in [2.75, 3.05) is 60.7 Å². The first-order valence-corrected chi connectivity index (χ1v) is 16.4. The third-order valence-corrected chi connectivity index (χ3v) is 7.08. The van der Waals surface area contributed by atoms with E-state index in [0.717, 1.165) is 23.9 Å². The summed E-state index contributed by atoms with van der Waals surface area (Å²) in [6, 6.07) is 0. The first-order valence-electron chi connectivity index (χ1n) is 15.2. The third-order valence-electron chi connectivity index (χ3n) is 6.31. The van der Waals surface area contributed by atoms with Gasteiger partial charge in [-0.15, -0.1) is 0 Å². The molecular formula is C29H61NO7P+. The molecule has 0 rings (SSSR count). The number of hydrogen-bond acceptors (Lipinski definition) is 7. The van der Waals surface area contributed by atoms with E-state index in [2.05, 4.69) is 6.92 Å². The Bertz CT molecular complexity index is 520. The van der Waals surface area contributed by atoms with E-state index in [1.807, 2.05) is 21.1 Å². The minimum absolute atomic E-state index is 0.00957. The number of unbranched alkanes of at least 4 members (excludes halogenated alkanes) is 15. The Morgan fingerprint density at radius 3 is 1.68 bits per heavy atom. The molecule has 0 fully saturated rings. The number of carbonyl (C=O) groups excluding carboxylic acids is 1. The first-order chi connectivity index (χ1) is 18.3. The zero-order valence-corrected chi connectivity index (χ0v) is 26.3. The maximum atomic E-state index is 11.7. The zero-order chi connectivity index (χ0) is 28.3. The van der Waals surface area contributed by atoms with Crippen LogP contribution in [-0.2, 0) is 23.3 Å². The van der Waals surface area contributed by atoms with E-state index in [-0.39, 0.29) is 19.8 Å². The van der Waals surface area contributed by atoms with E-state index in [0.29, 0.717) is 13.2 Å². The summed E-state index contributed by atoms with van der Waals surface area (Å²) in [7, 11) is 4.10. The summed E-state index contributed by atoms with van der Waals surface area (Å²) in [5, 5.41) is 0. The van der Waals surface area contributed by atoms with Gasteiger partial charge in [0.25, 0.3) is 0 Å². The molecule has 0 heterocycles. The van der Waals surface area contributed by atoms with Gasteiger partial charge in [-0.3, -0.25) is 0 Å². The largest absolute Gasteiger partial charge is 0.508 e. The summed E-state index contributed by atoms with van der Waals surface area (Å²) in [5.74, 6) is 0. The quantitative estimate of drug-likeness (QED) is 0.0448. The zero-order valence-electron chi connectivity index (χ0n) is 25.4. The van der Waals surface area contributed by atoms with E-state index < -0.39 is 20.9 Å². The molecule has 8 nitrogen and oxygen atoms in total. The molecular weight excluding hydrogens is 505 g/mol. The van der Waals surface area contributed by atoms with Crippen molar-refractivity contribution < 1.29 is 37.4 Å². The van der Waals surface area contributed by atoms with Gasteiger partial charge in [0.15, 0.2) is 6.10 Å². The molecule has 228 valence electrons. The molecule has 0 saturated carbocycles. The van der Waals surface area contributed by atoms with Crippen LogP contribution in [0.3, 0.4) is 0 Å². The van der Waals surface area contributed by atoms with Gasteiger partial charge in [0.2, 0.25) is 0 Å². The highest BCUT2D eigenvalue weighted by Crippen LogP contribution is 2.32. The minimum Gasteiger partial charge on any atom is -0.435 e. The van der Waals surface area contributed by atoms with Crippen molar-refractivity contribution in [3.63, 3.8) is 0 Å². The van der Waals surface area contributed by atoms with Crippen LogP contribution in [0.4, 0.5) is 4.79 Å². The summed E-state index contributed by atoms with van der Waals surface area (Å²) in [4.78, 5) is 21.7. The number of likely N-dealkylation sites (N-methyl/N-ethyl adjacent to an activating group) is 1. The van der Waals surface area contributed by atoms with Crippen molar-refractivity contribution in [1.29, 1.82) is 0 Å². The maximum absolute atomic E-state index is 11.7. The molecule has 0 aliphatic rings. The molecule has 0 aromatic carbocycles. The molecule has 0 aromatic rings. The van der Waals surface area contributed by atoms with Crippen LogP contribution in [-0.4, -0.2) is 82.4 Å². The predicted octanol–water partition coefficient (Wildman–Crippen LogP) is 7.76. The predicted molar refractivity (Wildman–Crippen MR) is 156 cm³/mol. The molecule has 0 amide bonds. The van der Waals surface area contributed by atoms with Crippen LogP contribution in [0.2, 0.25) is 0 Å². The Balaban J connectivity index is 3.76. The van der Waals surface area contributed by atoms with Gasteiger partial charge in [-0.2, -0.15) is 0 Å². The summed E-state index contributed by atoms with van der Waals surface area (Å²) < 4.78 is 27.3. The Morgan fingerprint density at radius 1 is 0.711 bits per heavy atom. The van der Waals surface area contributed by atoms with Crippen LogP contribution >= 0.6 is 8.60 Å². The Kier molecular flexibility index (Phi) is 26.4. The molecule has 0 saturated heterocycles.